The minimum atomic E-state index is -0.297. The maximum atomic E-state index is 8.58. The molecule has 2 atom stereocenters. The van der Waals surface area contributed by atoms with E-state index < -0.39 is 0 Å². The van der Waals surface area contributed by atoms with Crippen molar-refractivity contribution in [2.24, 2.45) is 11.8 Å². The summed E-state index contributed by atoms with van der Waals surface area (Å²) in [6, 6.07) is 3.80. The summed E-state index contributed by atoms with van der Waals surface area (Å²) < 4.78 is 4.93. The first-order chi connectivity index (χ1) is 7.36. The number of anilines is 1. The summed E-state index contributed by atoms with van der Waals surface area (Å²) in [5.74, 6) is 3.47. The molecule has 5 heteroatoms. The van der Waals surface area contributed by atoms with Crippen LogP contribution in [0.2, 0.25) is 0 Å². The lowest BCUT2D eigenvalue weighted by atomic mass is 10.3. The Morgan fingerprint density at radius 3 is 2.80 bits per heavy atom. The number of rotatable bonds is 3. The monoisotopic (exact) mass is 204 g/mol. The molecule has 0 aromatic carbocycles. The molecule has 1 aromatic heterocycles. The third-order valence-corrected chi connectivity index (χ3v) is 3.25. The second-order valence-corrected chi connectivity index (χ2v) is 4.29. The Labute approximate surface area is 89.2 Å². The summed E-state index contributed by atoms with van der Waals surface area (Å²) >= 11 is 0. The van der Waals surface area contributed by atoms with Gasteiger partial charge in [-0.3, -0.25) is 0 Å². The molecule has 1 N–H and O–H groups in total. The van der Waals surface area contributed by atoms with Crippen LogP contribution in [0.25, 0.3) is 0 Å². The Balaban J connectivity index is 1.70. The molecular weight excluding hydrogens is 191 g/mol. The zero-order valence-corrected chi connectivity index (χ0v) is 8.47. The minimum Gasteiger partial charge on any atom is -0.538 e. The van der Waals surface area contributed by atoms with E-state index in [1.54, 1.807) is 6.20 Å². The summed E-state index contributed by atoms with van der Waals surface area (Å²) in [6.45, 7) is 2.30. The summed E-state index contributed by atoms with van der Waals surface area (Å²) in [5.41, 5.74) is 0. The molecule has 2 fully saturated rings. The Kier molecular flexibility index (Phi) is 2.06. The molecule has 1 aromatic rings. The summed E-state index contributed by atoms with van der Waals surface area (Å²) in [5, 5.41) is 8.58. The van der Waals surface area contributed by atoms with Crippen molar-refractivity contribution < 1.29 is 9.68 Å². The van der Waals surface area contributed by atoms with Crippen molar-refractivity contribution in [1.29, 1.82) is 0 Å². The first-order valence-corrected chi connectivity index (χ1v) is 5.31. The van der Waals surface area contributed by atoms with Crippen LogP contribution in [0, 0.1) is 11.8 Å². The average molecular weight is 204 g/mol. The van der Waals surface area contributed by atoms with Crippen molar-refractivity contribution in [3.63, 3.8) is 0 Å². The molecule has 78 valence electrons. The first kappa shape index (κ1) is 9.03. The lowest BCUT2D eigenvalue weighted by molar-refractivity contribution is 0.452. The maximum Gasteiger partial charge on any atom is 0.504 e. The fraction of sp³-hybridized carbons (Fsp3) is 0.500. The third-order valence-electron chi connectivity index (χ3n) is 3.25. The van der Waals surface area contributed by atoms with Gasteiger partial charge < -0.3 is 14.6 Å². The summed E-state index contributed by atoms with van der Waals surface area (Å²) in [4.78, 5) is 6.65. The van der Waals surface area contributed by atoms with Gasteiger partial charge in [0.1, 0.15) is 11.6 Å². The molecule has 0 radical (unpaired) electrons. The van der Waals surface area contributed by atoms with Crippen molar-refractivity contribution in [2.75, 3.05) is 18.0 Å². The number of fused-ring (bicyclic) bond motifs is 1. The molecule has 4 nitrogen and oxygen atoms in total. The van der Waals surface area contributed by atoms with Crippen LogP contribution in [0.3, 0.4) is 0 Å². The van der Waals surface area contributed by atoms with Crippen LogP contribution in [-0.4, -0.2) is 30.8 Å². The Bertz CT molecular complexity index is 347. The van der Waals surface area contributed by atoms with Crippen molar-refractivity contribution >= 4 is 13.5 Å². The molecule has 15 heavy (non-hydrogen) atoms. The van der Waals surface area contributed by atoms with Gasteiger partial charge in [0.2, 0.25) is 0 Å². The van der Waals surface area contributed by atoms with E-state index in [0.717, 1.165) is 30.7 Å². The molecule has 0 bridgehead atoms. The zero-order valence-electron chi connectivity index (χ0n) is 8.47. The highest BCUT2D eigenvalue weighted by Crippen LogP contribution is 2.45. The largest absolute Gasteiger partial charge is 0.538 e. The van der Waals surface area contributed by atoms with Gasteiger partial charge in [0, 0.05) is 13.1 Å². The van der Waals surface area contributed by atoms with E-state index in [9.17, 15) is 0 Å². The topological polar surface area (TPSA) is 45.6 Å². The lowest BCUT2D eigenvalue weighted by Gasteiger charge is -2.18. The first-order valence-electron chi connectivity index (χ1n) is 5.31. The van der Waals surface area contributed by atoms with Gasteiger partial charge in [0.15, 0.2) is 0 Å². The SMILES string of the molecule is OBOc1ccc(N2CC3CC3C2)nc1. The molecule has 1 aliphatic carbocycles. The number of nitrogens with zero attached hydrogens (tertiary/aromatic N) is 2. The van der Waals surface area contributed by atoms with E-state index in [-0.39, 0.29) is 7.69 Å². The van der Waals surface area contributed by atoms with E-state index in [2.05, 4.69) is 9.88 Å². The van der Waals surface area contributed by atoms with Crippen molar-refractivity contribution in [1.82, 2.24) is 4.98 Å². The number of piperidine rings is 1. The van der Waals surface area contributed by atoms with Gasteiger partial charge in [0.05, 0.1) is 6.20 Å². The smallest absolute Gasteiger partial charge is 0.504 e. The van der Waals surface area contributed by atoms with E-state index in [1.807, 2.05) is 12.1 Å². The molecule has 1 saturated carbocycles. The molecular formula is C10H13BN2O2. The van der Waals surface area contributed by atoms with Gasteiger partial charge in [0.25, 0.3) is 0 Å². The van der Waals surface area contributed by atoms with Crippen molar-refractivity contribution in [3.05, 3.63) is 18.3 Å². The van der Waals surface area contributed by atoms with E-state index in [1.165, 1.54) is 6.42 Å². The van der Waals surface area contributed by atoms with Crippen LogP contribution in [0.5, 0.6) is 5.75 Å². The maximum absolute atomic E-state index is 8.58. The van der Waals surface area contributed by atoms with Crippen molar-refractivity contribution in [2.45, 2.75) is 6.42 Å². The highest BCUT2D eigenvalue weighted by atomic mass is 16.5. The van der Waals surface area contributed by atoms with Crippen LogP contribution in [0.4, 0.5) is 5.82 Å². The van der Waals surface area contributed by atoms with Gasteiger partial charge in [-0.25, -0.2) is 4.98 Å². The fourth-order valence-corrected chi connectivity index (χ4v) is 2.30. The van der Waals surface area contributed by atoms with Gasteiger partial charge in [-0.05, 0) is 30.4 Å². The summed E-state index contributed by atoms with van der Waals surface area (Å²) in [7, 11) is -0.297. The standard InChI is InChI=1S/C10H13BN2O2/c14-11-15-9-1-2-10(12-4-9)13-5-7-3-8(7)6-13/h1-2,4,7-8,11,14H,3,5-6H2. The molecule has 3 rings (SSSR count). The van der Waals surface area contributed by atoms with Gasteiger partial charge in [-0.2, -0.15) is 0 Å². The number of pyridine rings is 1. The lowest BCUT2D eigenvalue weighted by Crippen LogP contribution is -2.22. The number of aromatic nitrogens is 1. The second-order valence-electron chi connectivity index (χ2n) is 4.29. The van der Waals surface area contributed by atoms with E-state index in [0.29, 0.717) is 5.75 Å². The Morgan fingerprint density at radius 1 is 1.40 bits per heavy atom. The summed E-state index contributed by atoms with van der Waals surface area (Å²) in [6.07, 6.45) is 3.07. The number of hydrogen-bond acceptors (Lipinski definition) is 4. The van der Waals surface area contributed by atoms with Gasteiger partial charge in [-0.15, -0.1) is 0 Å². The Morgan fingerprint density at radius 2 is 2.20 bits per heavy atom. The predicted octanol–water partition coefficient (Wildman–Crippen LogP) is 0.175. The van der Waals surface area contributed by atoms with Crippen LogP contribution in [0.15, 0.2) is 18.3 Å². The number of hydrogen-bond donors (Lipinski definition) is 1. The van der Waals surface area contributed by atoms with Gasteiger partial charge >= 0.3 is 7.69 Å². The highest BCUT2D eigenvalue weighted by Gasteiger charge is 2.45. The molecule has 2 unspecified atom stereocenters. The molecule has 0 amide bonds. The fourth-order valence-electron chi connectivity index (χ4n) is 2.30. The molecule has 1 saturated heterocycles. The van der Waals surface area contributed by atoms with Crippen LogP contribution in [-0.2, 0) is 0 Å². The quantitative estimate of drug-likeness (QED) is 0.713. The minimum absolute atomic E-state index is 0.297. The average Bonchev–Trinajstić information content (AvgIpc) is 2.87. The predicted molar refractivity (Wildman–Crippen MR) is 58.0 cm³/mol. The van der Waals surface area contributed by atoms with Crippen LogP contribution in [0.1, 0.15) is 6.42 Å². The molecule has 2 heterocycles. The van der Waals surface area contributed by atoms with Gasteiger partial charge in [-0.1, -0.05) is 0 Å². The van der Waals surface area contributed by atoms with Crippen LogP contribution < -0.4 is 9.55 Å². The Hall–Kier alpha value is -1.23. The normalized spacial score (nSPS) is 27.4. The third kappa shape index (κ3) is 1.67. The molecule has 0 spiro atoms. The van der Waals surface area contributed by atoms with Crippen LogP contribution >= 0.6 is 0 Å². The second kappa shape index (κ2) is 3.41. The highest BCUT2D eigenvalue weighted by molar-refractivity contribution is 6.17. The van der Waals surface area contributed by atoms with E-state index >= 15 is 0 Å². The van der Waals surface area contributed by atoms with E-state index in [4.69, 9.17) is 9.68 Å². The van der Waals surface area contributed by atoms with Crippen molar-refractivity contribution in [3.8, 4) is 5.75 Å². The molecule has 2 aliphatic rings. The molecule has 1 aliphatic heterocycles. The zero-order chi connectivity index (χ0) is 10.3.